The van der Waals surface area contributed by atoms with Crippen LogP contribution in [0.1, 0.15) is 44.9 Å². The first-order valence-electron chi connectivity index (χ1n) is 9.38. The summed E-state index contributed by atoms with van der Waals surface area (Å²) in [5.74, 6) is 0.963. The summed E-state index contributed by atoms with van der Waals surface area (Å²) in [5, 5.41) is 13.8. The Morgan fingerprint density at radius 3 is 3.00 bits per heavy atom. The van der Waals surface area contributed by atoms with E-state index in [2.05, 4.69) is 10.3 Å². The summed E-state index contributed by atoms with van der Waals surface area (Å²) < 4.78 is 6.13. The van der Waals surface area contributed by atoms with Crippen LogP contribution in [-0.4, -0.2) is 57.8 Å². The predicted octanol–water partition coefficient (Wildman–Crippen LogP) is 1.95. The minimum atomic E-state index is -0.747. The molecule has 25 heavy (non-hydrogen) atoms. The predicted molar refractivity (Wildman–Crippen MR) is 94.2 cm³/mol. The lowest BCUT2D eigenvalue weighted by molar-refractivity contribution is -0.141. The number of aromatic nitrogens is 1. The molecule has 136 valence electrons. The number of rotatable bonds is 4. The lowest BCUT2D eigenvalue weighted by Crippen LogP contribution is -2.48. The van der Waals surface area contributed by atoms with Crippen LogP contribution >= 0.6 is 0 Å². The van der Waals surface area contributed by atoms with E-state index in [1.54, 1.807) is 6.20 Å². The van der Waals surface area contributed by atoms with Crippen LogP contribution < -0.4 is 5.32 Å². The first kappa shape index (κ1) is 16.8. The van der Waals surface area contributed by atoms with Gasteiger partial charge in [-0.3, -0.25) is 4.79 Å². The molecule has 2 aliphatic heterocycles. The van der Waals surface area contributed by atoms with Crippen LogP contribution in [0.5, 0.6) is 0 Å². The number of hydrogen-bond acceptors (Lipinski definition) is 5. The Labute approximate surface area is 148 Å². The summed E-state index contributed by atoms with van der Waals surface area (Å²) in [5.41, 5.74) is -0.994. The fourth-order valence-corrected chi connectivity index (χ4v) is 4.31. The average Bonchev–Trinajstić information content (AvgIpc) is 2.98. The van der Waals surface area contributed by atoms with E-state index in [1.807, 2.05) is 23.1 Å². The standard InChI is InChI=1S/C19H27N3O3/c23-17(13-18(24)6-3-7-18)22-10-8-19(14-22)12-15(5-11-25-19)21-16-4-1-2-9-20-16/h1-2,4,9,15,24H,3,5-8,10-14H2,(H,20,21)/t15-,19-/m1/s1. The largest absolute Gasteiger partial charge is 0.389 e. The highest BCUT2D eigenvalue weighted by molar-refractivity contribution is 5.78. The van der Waals surface area contributed by atoms with Gasteiger partial charge in [0, 0.05) is 31.9 Å². The second-order valence-corrected chi connectivity index (χ2v) is 7.90. The molecule has 2 atom stereocenters. The van der Waals surface area contributed by atoms with Gasteiger partial charge in [0.15, 0.2) is 0 Å². The van der Waals surface area contributed by atoms with Crippen molar-refractivity contribution in [3.63, 3.8) is 0 Å². The molecule has 1 spiro atoms. The van der Waals surface area contributed by atoms with Crippen molar-refractivity contribution in [2.75, 3.05) is 25.0 Å². The van der Waals surface area contributed by atoms with Crippen molar-refractivity contribution in [1.82, 2.24) is 9.88 Å². The molecule has 6 heteroatoms. The smallest absolute Gasteiger partial charge is 0.225 e. The Bertz CT molecular complexity index is 620. The van der Waals surface area contributed by atoms with E-state index in [9.17, 15) is 9.90 Å². The van der Waals surface area contributed by atoms with Gasteiger partial charge >= 0.3 is 0 Å². The number of likely N-dealkylation sites (tertiary alicyclic amines) is 1. The second-order valence-electron chi connectivity index (χ2n) is 7.90. The van der Waals surface area contributed by atoms with Gasteiger partial charge in [0.05, 0.1) is 17.6 Å². The number of carbonyl (C=O) groups is 1. The minimum Gasteiger partial charge on any atom is -0.389 e. The summed E-state index contributed by atoms with van der Waals surface area (Å²) in [6, 6.07) is 6.18. The van der Waals surface area contributed by atoms with E-state index < -0.39 is 5.60 Å². The Hall–Kier alpha value is -1.66. The summed E-state index contributed by atoms with van der Waals surface area (Å²) >= 11 is 0. The quantitative estimate of drug-likeness (QED) is 0.872. The van der Waals surface area contributed by atoms with Gasteiger partial charge in [-0.15, -0.1) is 0 Å². The van der Waals surface area contributed by atoms with E-state index in [0.29, 0.717) is 19.2 Å². The van der Waals surface area contributed by atoms with Gasteiger partial charge in [0.2, 0.25) is 5.91 Å². The molecule has 0 radical (unpaired) electrons. The number of aliphatic hydroxyl groups is 1. The third kappa shape index (κ3) is 3.65. The highest BCUT2D eigenvalue weighted by Crippen LogP contribution is 2.38. The lowest BCUT2D eigenvalue weighted by atomic mass is 9.77. The average molecular weight is 345 g/mol. The van der Waals surface area contributed by atoms with E-state index in [-0.39, 0.29) is 17.9 Å². The topological polar surface area (TPSA) is 74.7 Å². The fourth-order valence-electron chi connectivity index (χ4n) is 4.31. The van der Waals surface area contributed by atoms with Crippen LogP contribution in [0.4, 0.5) is 5.82 Å². The van der Waals surface area contributed by atoms with Crippen molar-refractivity contribution in [2.24, 2.45) is 0 Å². The molecule has 0 aromatic carbocycles. The molecule has 2 saturated heterocycles. The van der Waals surface area contributed by atoms with Crippen molar-refractivity contribution in [3.8, 4) is 0 Å². The third-order valence-corrected chi connectivity index (χ3v) is 5.94. The first-order valence-corrected chi connectivity index (χ1v) is 9.38. The molecule has 4 rings (SSSR count). The highest BCUT2D eigenvalue weighted by Gasteiger charge is 2.46. The SMILES string of the molecule is O=C(CC1(O)CCC1)N1CC[C@@]2(C[C@H](Nc3ccccn3)CCO2)C1. The van der Waals surface area contributed by atoms with E-state index in [1.165, 1.54) is 0 Å². The Kier molecular flexibility index (Phi) is 4.41. The van der Waals surface area contributed by atoms with Crippen LogP contribution in [0.25, 0.3) is 0 Å². The number of amides is 1. The molecule has 2 N–H and O–H groups in total. The van der Waals surface area contributed by atoms with Crippen LogP contribution in [0, 0.1) is 0 Å². The van der Waals surface area contributed by atoms with Crippen LogP contribution in [0.2, 0.25) is 0 Å². The number of pyridine rings is 1. The summed E-state index contributed by atoms with van der Waals surface area (Å²) in [4.78, 5) is 18.8. The molecule has 3 heterocycles. The maximum Gasteiger partial charge on any atom is 0.225 e. The van der Waals surface area contributed by atoms with Crippen molar-refractivity contribution in [1.29, 1.82) is 0 Å². The number of hydrogen-bond donors (Lipinski definition) is 2. The van der Waals surface area contributed by atoms with Gasteiger partial charge in [0.25, 0.3) is 0 Å². The molecule has 1 aliphatic carbocycles. The molecule has 3 fully saturated rings. The molecule has 3 aliphatic rings. The van der Waals surface area contributed by atoms with Crippen molar-refractivity contribution in [3.05, 3.63) is 24.4 Å². The van der Waals surface area contributed by atoms with E-state index in [0.717, 1.165) is 50.9 Å². The molecular weight excluding hydrogens is 318 g/mol. The van der Waals surface area contributed by atoms with Gasteiger partial charge in [0.1, 0.15) is 5.82 Å². The number of anilines is 1. The maximum absolute atomic E-state index is 12.5. The number of carbonyl (C=O) groups excluding carboxylic acids is 1. The van der Waals surface area contributed by atoms with Gasteiger partial charge in [-0.1, -0.05) is 6.07 Å². The molecule has 1 aromatic heterocycles. The third-order valence-electron chi connectivity index (χ3n) is 5.94. The van der Waals surface area contributed by atoms with Gasteiger partial charge in [-0.25, -0.2) is 4.98 Å². The lowest BCUT2D eigenvalue weighted by Gasteiger charge is -2.39. The number of nitrogens with one attached hydrogen (secondary N) is 1. The molecule has 0 unspecified atom stereocenters. The van der Waals surface area contributed by atoms with Crippen LogP contribution in [0.15, 0.2) is 24.4 Å². The zero-order valence-electron chi connectivity index (χ0n) is 14.6. The molecular formula is C19H27N3O3. The monoisotopic (exact) mass is 345 g/mol. The summed E-state index contributed by atoms with van der Waals surface area (Å²) in [7, 11) is 0. The van der Waals surface area contributed by atoms with E-state index >= 15 is 0 Å². The van der Waals surface area contributed by atoms with Crippen molar-refractivity contribution in [2.45, 2.75) is 62.2 Å². The van der Waals surface area contributed by atoms with Crippen LogP contribution in [-0.2, 0) is 9.53 Å². The maximum atomic E-state index is 12.5. The van der Waals surface area contributed by atoms with E-state index in [4.69, 9.17) is 4.74 Å². The molecule has 1 amide bonds. The molecule has 1 saturated carbocycles. The van der Waals surface area contributed by atoms with Crippen molar-refractivity contribution >= 4 is 11.7 Å². The number of ether oxygens (including phenoxy) is 1. The van der Waals surface area contributed by atoms with Gasteiger partial charge in [-0.05, 0) is 50.7 Å². The minimum absolute atomic E-state index is 0.0717. The number of nitrogens with zero attached hydrogens (tertiary/aromatic N) is 2. The highest BCUT2D eigenvalue weighted by atomic mass is 16.5. The van der Waals surface area contributed by atoms with Crippen molar-refractivity contribution < 1.29 is 14.6 Å². The van der Waals surface area contributed by atoms with Gasteiger partial charge < -0.3 is 20.1 Å². The zero-order chi connectivity index (χ0) is 17.3. The van der Waals surface area contributed by atoms with Crippen LogP contribution in [0.3, 0.4) is 0 Å². The summed E-state index contributed by atoms with van der Waals surface area (Å²) in [6.45, 7) is 2.07. The first-order chi connectivity index (χ1) is 12.1. The fraction of sp³-hybridized carbons (Fsp3) is 0.684. The summed E-state index contributed by atoms with van der Waals surface area (Å²) in [6.07, 6.45) is 7.30. The Morgan fingerprint density at radius 2 is 2.28 bits per heavy atom. The Balaban J connectivity index is 1.35. The zero-order valence-corrected chi connectivity index (χ0v) is 14.6. The van der Waals surface area contributed by atoms with Gasteiger partial charge in [-0.2, -0.15) is 0 Å². The normalized spacial score (nSPS) is 30.9. The molecule has 1 aromatic rings. The Morgan fingerprint density at radius 1 is 1.40 bits per heavy atom. The molecule has 0 bridgehead atoms. The molecule has 6 nitrogen and oxygen atoms in total. The second kappa shape index (κ2) is 6.57.